The first kappa shape index (κ1) is 11.0. The van der Waals surface area contributed by atoms with Crippen LogP contribution in [0.2, 0.25) is 0 Å². The van der Waals surface area contributed by atoms with E-state index in [9.17, 15) is 4.79 Å². The third kappa shape index (κ3) is 2.03. The summed E-state index contributed by atoms with van der Waals surface area (Å²) in [7, 11) is 0. The minimum absolute atomic E-state index is 0.0921. The highest BCUT2D eigenvalue weighted by atomic mass is 16.1. The van der Waals surface area contributed by atoms with E-state index in [0.29, 0.717) is 5.57 Å². The van der Waals surface area contributed by atoms with Gasteiger partial charge in [0.15, 0.2) is 5.78 Å². The van der Waals surface area contributed by atoms with Crippen LogP contribution in [0.1, 0.15) is 33.6 Å². The van der Waals surface area contributed by atoms with Crippen molar-refractivity contribution in [3.8, 4) is 0 Å². The predicted octanol–water partition coefficient (Wildman–Crippen LogP) is 3.43. The van der Waals surface area contributed by atoms with Crippen molar-refractivity contribution in [1.82, 2.24) is 0 Å². The van der Waals surface area contributed by atoms with Crippen LogP contribution in [0.25, 0.3) is 0 Å². The Hall–Kier alpha value is -1.11. The van der Waals surface area contributed by atoms with E-state index in [1.54, 1.807) is 6.92 Å². The molecule has 0 radical (unpaired) electrons. The second kappa shape index (κ2) is 3.95. The molecule has 76 valence electrons. The van der Waals surface area contributed by atoms with Gasteiger partial charge in [-0.2, -0.15) is 0 Å². The van der Waals surface area contributed by atoms with Crippen molar-refractivity contribution in [2.45, 2.75) is 33.6 Å². The highest BCUT2D eigenvalue weighted by Gasteiger charge is 2.28. The molecular weight excluding hydrogens is 172 g/mol. The zero-order chi connectivity index (χ0) is 10.8. The highest BCUT2D eigenvalue weighted by Crippen LogP contribution is 2.37. The SMILES string of the molecule is C=C(C(C)=O)C1(C)C=C(CC)C=CC1. The minimum atomic E-state index is -0.161. The van der Waals surface area contributed by atoms with Crippen molar-refractivity contribution in [1.29, 1.82) is 0 Å². The van der Waals surface area contributed by atoms with Crippen LogP contribution in [0.5, 0.6) is 0 Å². The molecule has 0 heterocycles. The van der Waals surface area contributed by atoms with Crippen LogP contribution in [0.3, 0.4) is 0 Å². The topological polar surface area (TPSA) is 17.1 Å². The monoisotopic (exact) mass is 190 g/mol. The standard InChI is InChI=1S/C13H18O/c1-5-12-7-6-8-13(4,9-12)10(2)11(3)14/h6-7,9H,2,5,8H2,1,3-4H3. The minimum Gasteiger partial charge on any atom is -0.295 e. The van der Waals surface area contributed by atoms with Crippen LogP contribution in [0.15, 0.2) is 36.0 Å². The van der Waals surface area contributed by atoms with Gasteiger partial charge in [-0.1, -0.05) is 44.2 Å². The Bertz CT molecular complexity index is 320. The lowest BCUT2D eigenvalue weighted by Gasteiger charge is -2.29. The van der Waals surface area contributed by atoms with Gasteiger partial charge in [0.05, 0.1) is 0 Å². The van der Waals surface area contributed by atoms with Crippen LogP contribution in [-0.2, 0) is 4.79 Å². The molecule has 1 atom stereocenters. The first-order valence-corrected chi connectivity index (χ1v) is 5.08. The second-order valence-electron chi connectivity index (χ2n) is 4.13. The van der Waals surface area contributed by atoms with Crippen LogP contribution >= 0.6 is 0 Å². The molecule has 0 spiro atoms. The van der Waals surface area contributed by atoms with Crippen molar-refractivity contribution in [2.75, 3.05) is 0 Å². The van der Waals surface area contributed by atoms with Gasteiger partial charge in [-0.15, -0.1) is 0 Å². The molecule has 0 N–H and O–H groups in total. The Morgan fingerprint density at radius 2 is 2.29 bits per heavy atom. The average Bonchev–Trinajstić information content (AvgIpc) is 2.16. The largest absolute Gasteiger partial charge is 0.295 e. The number of hydrogen-bond donors (Lipinski definition) is 0. The van der Waals surface area contributed by atoms with Gasteiger partial charge in [0.25, 0.3) is 0 Å². The van der Waals surface area contributed by atoms with Crippen LogP contribution in [-0.4, -0.2) is 5.78 Å². The molecule has 0 aromatic rings. The number of allylic oxidation sites excluding steroid dienone is 5. The van der Waals surface area contributed by atoms with Crippen molar-refractivity contribution < 1.29 is 4.79 Å². The van der Waals surface area contributed by atoms with Crippen LogP contribution in [0.4, 0.5) is 0 Å². The molecule has 0 saturated carbocycles. The summed E-state index contributed by atoms with van der Waals surface area (Å²) in [5, 5.41) is 0. The van der Waals surface area contributed by atoms with E-state index in [1.807, 2.05) is 0 Å². The Balaban J connectivity index is 2.97. The van der Waals surface area contributed by atoms with Gasteiger partial charge < -0.3 is 0 Å². The summed E-state index contributed by atoms with van der Waals surface area (Å²) in [5.74, 6) is 0.0921. The molecule has 1 aliphatic rings. The maximum absolute atomic E-state index is 11.3. The average molecular weight is 190 g/mol. The zero-order valence-electron chi connectivity index (χ0n) is 9.26. The summed E-state index contributed by atoms with van der Waals surface area (Å²) in [6, 6.07) is 0. The molecule has 14 heavy (non-hydrogen) atoms. The van der Waals surface area contributed by atoms with Crippen molar-refractivity contribution in [3.63, 3.8) is 0 Å². The van der Waals surface area contributed by atoms with Crippen LogP contribution < -0.4 is 0 Å². The fourth-order valence-electron chi connectivity index (χ4n) is 1.80. The molecule has 0 aromatic heterocycles. The van der Waals surface area contributed by atoms with Crippen LogP contribution in [0, 0.1) is 5.41 Å². The molecule has 0 bridgehead atoms. The lowest BCUT2D eigenvalue weighted by atomic mass is 9.74. The molecule has 1 aliphatic carbocycles. The third-order valence-electron chi connectivity index (χ3n) is 2.90. The van der Waals surface area contributed by atoms with Gasteiger partial charge in [0, 0.05) is 5.41 Å². The summed E-state index contributed by atoms with van der Waals surface area (Å²) in [6.45, 7) is 9.68. The molecule has 0 amide bonds. The lowest BCUT2D eigenvalue weighted by Crippen LogP contribution is -2.22. The summed E-state index contributed by atoms with van der Waals surface area (Å²) in [5.41, 5.74) is 1.85. The Labute approximate surface area is 86.2 Å². The maximum Gasteiger partial charge on any atom is 0.156 e. The van der Waals surface area contributed by atoms with Crippen molar-refractivity contribution in [2.24, 2.45) is 5.41 Å². The molecule has 0 fully saturated rings. The summed E-state index contributed by atoms with van der Waals surface area (Å²) >= 11 is 0. The van der Waals surface area contributed by atoms with E-state index < -0.39 is 0 Å². The third-order valence-corrected chi connectivity index (χ3v) is 2.90. The zero-order valence-corrected chi connectivity index (χ0v) is 9.26. The van der Waals surface area contributed by atoms with Gasteiger partial charge in [-0.25, -0.2) is 0 Å². The first-order chi connectivity index (χ1) is 6.49. The summed E-state index contributed by atoms with van der Waals surface area (Å²) < 4.78 is 0. The fraction of sp³-hybridized carbons (Fsp3) is 0.462. The maximum atomic E-state index is 11.3. The molecule has 0 aromatic carbocycles. The molecular formula is C13H18O. The normalized spacial score (nSPS) is 25.8. The number of carbonyl (C=O) groups excluding carboxylic acids is 1. The highest BCUT2D eigenvalue weighted by molar-refractivity contribution is 5.94. The van der Waals surface area contributed by atoms with Gasteiger partial charge in [0.1, 0.15) is 0 Å². The molecule has 0 saturated heterocycles. The first-order valence-electron chi connectivity index (χ1n) is 5.08. The second-order valence-corrected chi connectivity index (χ2v) is 4.13. The van der Waals surface area contributed by atoms with E-state index in [4.69, 9.17) is 0 Å². The number of ketones is 1. The fourth-order valence-corrected chi connectivity index (χ4v) is 1.80. The van der Waals surface area contributed by atoms with Gasteiger partial charge >= 0.3 is 0 Å². The summed E-state index contributed by atoms with van der Waals surface area (Å²) in [6.07, 6.45) is 8.34. The van der Waals surface area contributed by atoms with E-state index in [-0.39, 0.29) is 11.2 Å². The number of carbonyl (C=O) groups is 1. The number of hydrogen-bond acceptors (Lipinski definition) is 1. The quantitative estimate of drug-likeness (QED) is 0.623. The van der Waals surface area contributed by atoms with E-state index >= 15 is 0 Å². The predicted molar refractivity (Wildman–Crippen MR) is 60.1 cm³/mol. The Morgan fingerprint density at radius 1 is 1.64 bits per heavy atom. The van der Waals surface area contributed by atoms with E-state index in [2.05, 4.69) is 38.7 Å². The Morgan fingerprint density at radius 3 is 2.79 bits per heavy atom. The van der Waals surface area contributed by atoms with Gasteiger partial charge in [-0.3, -0.25) is 4.79 Å². The van der Waals surface area contributed by atoms with E-state index in [0.717, 1.165) is 12.8 Å². The van der Waals surface area contributed by atoms with Gasteiger partial charge in [-0.05, 0) is 25.3 Å². The number of Topliss-reactive ketones (excluding diaryl/α,β-unsaturated/α-hetero) is 1. The summed E-state index contributed by atoms with van der Waals surface area (Å²) in [4.78, 5) is 11.3. The molecule has 1 rings (SSSR count). The van der Waals surface area contributed by atoms with Crippen molar-refractivity contribution >= 4 is 5.78 Å². The molecule has 1 heteroatoms. The Kier molecular flexibility index (Phi) is 3.10. The molecule has 1 nitrogen and oxygen atoms in total. The molecule has 0 aliphatic heterocycles. The molecule has 1 unspecified atom stereocenters. The lowest BCUT2D eigenvalue weighted by molar-refractivity contribution is -0.114. The smallest absolute Gasteiger partial charge is 0.156 e. The van der Waals surface area contributed by atoms with Gasteiger partial charge in [0.2, 0.25) is 0 Å². The number of rotatable bonds is 3. The van der Waals surface area contributed by atoms with Crippen molar-refractivity contribution in [3.05, 3.63) is 36.0 Å². The van der Waals surface area contributed by atoms with E-state index in [1.165, 1.54) is 5.57 Å².